The van der Waals surface area contributed by atoms with Gasteiger partial charge in [-0.15, -0.1) is 10.2 Å². The van der Waals surface area contributed by atoms with Crippen LogP contribution in [0.2, 0.25) is 0 Å². The highest BCUT2D eigenvalue weighted by Crippen LogP contribution is 2.29. The first-order valence-electron chi connectivity index (χ1n) is 10.8. The van der Waals surface area contributed by atoms with Crippen LogP contribution in [0, 0.1) is 5.92 Å². The summed E-state index contributed by atoms with van der Waals surface area (Å²) in [5, 5.41) is 12.3. The van der Waals surface area contributed by atoms with Gasteiger partial charge in [0.1, 0.15) is 0 Å². The largest absolute Gasteiger partial charge is 0.353 e. The molecule has 1 N–H and O–H groups in total. The fraction of sp³-hybridized carbons (Fsp3) is 0.800. The van der Waals surface area contributed by atoms with Crippen LogP contribution in [0.25, 0.3) is 0 Å². The number of piperazine rings is 1. The molecule has 0 bridgehead atoms. The Morgan fingerprint density at radius 3 is 2.55 bits per heavy atom. The van der Waals surface area contributed by atoms with Gasteiger partial charge in [-0.1, -0.05) is 55.2 Å². The molecule has 1 saturated carbocycles. The van der Waals surface area contributed by atoms with Crippen molar-refractivity contribution in [2.45, 2.75) is 69.2 Å². The minimum Gasteiger partial charge on any atom is -0.353 e. The number of anilines is 1. The summed E-state index contributed by atoms with van der Waals surface area (Å²) in [7, 11) is 0. The average molecular weight is 440 g/mol. The third-order valence-electron chi connectivity index (χ3n) is 5.57. The van der Waals surface area contributed by atoms with E-state index in [2.05, 4.69) is 20.4 Å². The second-order valence-corrected chi connectivity index (χ2v) is 10.5. The molecule has 9 heteroatoms. The van der Waals surface area contributed by atoms with Gasteiger partial charge in [0.05, 0.1) is 5.75 Å². The third-order valence-corrected chi connectivity index (χ3v) is 7.68. The number of hydrogen-bond donors (Lipinski definition) is 1. The smallest absolute Gasteiger partial charge is 0.230 e. The van der Waals surface area contributed by atoms with Crippen molar-refractivity contribution in [3.8, 4) is 0 Å². The van der Waals surface area contributed by atoms with E-state index < -0.39 is 0 Å². The molecule has 0 radical (unpaired) electrons. The Labute approximate surface area is 182 Å². The lowest BCUT2D eigenvalue weighted by molar-refractivity contribution is -0.131. The molecule has 162 valence electrons. The molecule has 1 aromatic heterocycles. The molecule has 7 nitrogen and oxygen atoms in total. The number of nitrogens with one attached hydrogen (secondary N) is 1. The lowest BCUT2D eigenvalue weighted by Crippen LogP contribution is -2.48. The van der Waals surface area contributed by atoms with Gasteiger partial charge in [-0.2, -0.15) is 0 Å². The summed E-state index contributed by atoms with van der Waals surface area (Å²) in [6, 6.07) is 0.148. The first-order chi connectivity index (χ1) is 14.0. The molecule has 29 heavy (non-hydrogen) atoms. The maximum Gasteiger partial charge on any atom is 0.230 e. The van der Waals surface area contributed by atoms with Crippen LogP contribution < -0.4 is 10.2 Å². The van der Waals surface area contributed by atoms with Gasteiger partial charge >= 0.3 is 0 Å². The van der Waals surface area contributed by atoms with E-state index in [0.29, 0.717) is 18.1 Å². The quantitative estimate of drug-likeness (QED) is 0.627. The summed E-state index contributed by atoms with van der Waals surface area (Å²) in [6.45, 7) is 6.99. The summed E-state index contributed by atoms with van der Waals surface area (Å²) >= 11 is 2.94. The molecule has 1 saturated heterocycles. The van der Waals surface area contributed by atoms with Crippen LogP contribution in [0.15, 0.2) is 4.34 Å². The maximum absolute atomic E-state index is 12.6. The van der Waals surface area contributed by atoms with Crippen LogP contribution in [-0.4, -0.2) is 64.9 Å². The number of aromatic nitrogens is 2. The molecular formula is C20H33N5O2S2. The monoisotopic (exact) mass is 439 g/mol. The highest BCUT2D eigenvalue weighted by atomic mass is 32.2. The van der Waals surface area contributed by atoms with Crippen molar-refractivity contribution in [3.05, 3.63) is 0 Å². The van der Waals surface area contributed by atoms with Crippen molar-refractivity contribution in [1.82, 2.24) is 20.4 Å². The van der Waals surface area contributed by atoms with E-state index in [-0.39, 0.29) is 11.9 Å². The van der Waals surface area contributed by atoms with Crippen LogP contribution >= 0.6 is 23.1 Å². The lowest BCUT2D eigenvalue weighted by Gasteiger charge is -2.34. The topological polar surface area (TPSA) is 78.4 Å². The van der Waals surface area contributed by atoms with E-state index in [9.17, 15) is 9.59 Å². The lowest BCUT2D eigenvalue weighted by atomic mass is 9.86. The van der Waals surface area contributed by atoms with Crippen LogP contribution in [0.1, 0.15) is 58.8 Å². The minimum atomic E-state index is 0.0158. The van der Waals surface area contributed by atoms with Crippen molar-refractivity contribution in [2.24, 2.45) is 5.92 Å². The summed E-state index contributed by atoms with van der Waals surface area (Å²) in [4.78, 5) is 28.5. The standard InChI is InChI=1S/C20H33N5O2S2/c1-15(2)21-17(26)14-28-20-23-22-19(29-20)25-12-10-24(11-13-25)18(27)9-8-16-6-4-3-5-7-16/h15-16H,3-14H2,1-2H3,(H,21,26). The zero-order valence-electron chi connectivity index (χ0n) is 17.6. The molecule has 2 heterocycles. The summed E-state index contributed by atoms with van der Waals surface area (Å²) in [5.41, 5.74) is 0. The Morgan fingerprint density at radius 2 is 1.86 bits per heavy atom. The number of amides is 2. The van der Waals surface area contributed by atoms with E-state index >= 15 is 0 Å². The Hall–Kier alpha value is -1.35. The van der Waals surface area contributed by atoms with Gasteiger partial charge in [0, 0.05) is 38.6 Å². The number of rotatable bonds is 8. The van der Waals surface area contributed by atoms with Gasteiger partial charge in [0.15, 0.2) is 4.34 Å². The van der Waals surface area contributed by atoms with Gasteiger partial charge in [0.25, 0.3) is 0 Å². The second-order valence-electron chi connectivity index (χ2n) is 8.27. The van der Waals surface area contributed by atoms with Gasteiger partial charge in [0.2, 0.25) is 16.9 Å². The zero-order valence-corrected chi connectivity index (χ0v) is 19.2. The maximum atomic E-state index is 12.6. The predicted molar refractivity (Wildman–Crippen MR) is 119 cm³/mol. The first-order valence-corrected chi connectivity index (χ1v) is 12.6. The molecule has 2 amide bonds. The van der Waals surface area contributed by atoms with Gasteiger partial charge in [-0.05, 0) is 26.2 Å². The van der Waals surface area contributed by atoms with E-state index in [4.69, 9.17) is 0 Å². The highest BCUT2D eigenvalue weighted by Gasteiger charge is 2.24. The van der Waals surface area contributed by atoms with Gasteiger partial charge in [-0.3, -0.25) is 9.59 Å². The Kier molecular flexibility index (Phi) is 8.59. The number of hydrogen-bond acceptors (Lipinski definition) is 7. The number of carbonyl (C=O) groups excluding carboxylic acids is 2. The molecule has 0 unspecified atom stereocenters. The van der Waals surface area contributed by atoms with Crippen LogP contribution in [-0.2, 0) is 9.59 Å². The molecule has 0 aromatic carbocycles. The Morgan fingerprint density at radius 1 is 1.14 bits per heavy atom. The minimum absolute atomic E-state index is 0.0158. The molecule has 2 fully saturated rings. The molecule has 2 aliphatic rings. The van der Waals surface area contributed by atoms with Crippen LogP contribution in [0.4, 0.5) is 5.13 Å². The van der Waals surface area contributed by atoms with Gasteiger partial charge in [-0.25, -0.2) is 0 Å². The summed E-state index contributed by atoms with van der Waals surface area (Å²) in [6.07, 6.45) is 8.39. The molecule has 1 aromatic rings. The van der Waals surface area contributed by atoms with Crippen molar-refractivity contribution in [3.63, 3.8) is 0 Å². The zero-order chi connectivity index (χ0) is 20.6. The first kappa shape index (κ1) is 22.3. The van der Waals surface area contributed by atoms with Crippen molar-refractivity contribution >= 4 is 40.0 Å². The van der Waals surface area contributed by atoms with E-state index in [1.54, 1.807) is 0 Å². The van der Waals surface area contributed by atoms with E-state index in [1.807, 2.05) is 18.7 Å². The van der Waals surface area contributed by atoms with Crippen molar-refractivity contribution < 1.29 is 9.59 Å². The molecule has 3 rings (SSSR count). The van der Waals surface area contributed by atoms with Gasteiger partial charge < -0.3 is 15.1 Å². The molecule has 1 aliphatic carbocycles. The van der Waals surface area contributed by atoms with Crippen LogP contribution in [0.5, 0.6) is 0 Å². The predicted octanol–water partition coefficient (Wildman–Crippen LogP) is 3.16. The highest BCUT2D eigenvalue weighted by molar-refractivity contribution is 8.01. The second kappa shape index (κ2) is 11.2. The van der Waals surface area contributed by atoms with Crippen molar-refractivity contribution in [2.75, 3.05) is 36.8 Å². The fourth-order valence-electron chi connectivity index (χ4n) is 3.99. The third kappa shape index (κ3) is 7.13. The fourth-order valence-corrected chi connectivity index (χ4v) is 5.69. The van der Waals surface area contributed by atoms with E-state index in [0.717, 1.165) is 48.0 Å². The molecule has 0 spiro atoms. The molecule has 0 atom stereocenters. The molecular weight excluding hydrogens is 406 g/mol. The Bertz CT molecular complexity index is 668. The van der Waals surface area contributed by atoms with Crippen molar-refractivity contribution in [1.29, 1.82) is 0 Å². The normalized spacial score (nSPS) is 18.3. The average Bonchev–Trinajstić information content (AvgIpc) is 3.20. The molecule has 1 aliphatic heterocycles. The number of nitrogens with zero attached hydrogens (tertiary/aromatic N) is 4. The van der Waals surface area contributed by atoms with E-state index in [1.165, 1.54) is 55.2 Å². The number of carbonyl (C=O) groups is 2. The SMILES string of the molecule is CC(C)NC(=O)CSc1nnc(N2CCN(C(=O)CCC3CCCCC3)CC2)s1. The summed E-state index contributed by atoms with van der Waals surface area (Å²) < 4.78 is 0.810. The summed E-state index contributed by atoms with van der Waals surface area (Å²) in [5.74, 6) is 1.44. The number of thioether (sulfide) groups is 1. The Balaban J connectivity index is 1.38. The van der Waals surface area contributed by atoms with Crippen LogP contribution in [0.3, 0.4) is 0 Å².